The zero-order chi connectivity index (χ0) is 61.8. The van der Waals surface area contributed by atoms with Crippen LogP contribution >= 0.6 is 26.4 Å². The topological polar surface area (TPSA) is 104 Å². The Morgan fingerprint density at radius 3 is 1.20 bits per heavy atom. The van der Waals surface area contributed by atoms with Gasteiger partial charge in [0, 0.05) is 0 Å². The van der Waals surface area contributed by atoms with Gasteiger partial charge in [-0.25, -0.2) is 34.7 Å². The first-order valence-corrected chi connectivity index (χ1v) is 40.1. The van der Waals surface area contributed by atoms with E-state index in [0.29, 0.717) is 44.0 Å². The van der Waals surface area contributed by atoms with Crippen molar-refractivity contribution in [1.29, 1.82) is 0 Å². The number of rotatable bonds is 16. The molecule has 10 rings (SSSR count). The van der Waals surface area contributed by atoms with Crippen LogP contribution < -0.4 is 24.4 Å². The average Bonchev–Trinajstić information content (AvgIpc) is 1.53. The summed E-state index contributed by atoms with van der Waals surface area (Å²) >= 11 is 6.70. The number of aromatic nitrogens is 4. The van der Waals surface area contributed by atoms with Crippen molar-refractivity contribution in [3.63, 3.8) is 0 Å². The molecule has 0 spiro atoms. The van der Waals surface area contributed by atoms with Gasteiger partial charge < -0.3 is 6.92 Å². The van der Waals surface area contributed by atoms with Gasteiger partial charge in [0.15, 0.2) is 0 Å². The molecule has 0 aliphatic heterocycles. The summed E-state index contributed by atoms with van der Waals surface area (Å²) in [4.78, 5) is 10.5. The number of para-hydroxylation sites is 4. The molecule has 0 unspecified atom stereocenters. The van der Waals surface area contributed by atoms with Crippen molar-refractivity contribution < 1.29 is 35.7 Å². The molecule has 2 aromatic heterocycles. The molecule has 8 nitrogen and oxygen atoms in total. The van der Waals surface area contributed by atoms with Crippen molar-refractivity contribution >= 4 is 74.1 Å². The molecule has 4 aliphatic carbocycles. The molecule has 0 radical (unpaired) electrons. The third-order valence-corrected chi connectivity index (χ3v) is 29.7. The van der Waals surface area contributed by atoms with Gasteiger partial charge >= 0.3 is 18.9 Å². The summed E-state index contributed by atoms with van der Waals surface area (Å²) in [6.45, 7) is 31.1. The van der Waals surface area contributed by atoms with Gasteiger partial charge in [-0.05, 0) is 182 Å². The fraction of sp³-hybridized carbons (Fsp3) is 0.625. The summed E-state index contributed by atoms with van der Waals surface area (Å²) in [5, 5.41) is 0. The minimum atomic E-state index is -3.90. The van der Waals surface area contributed by atoms with Crippen LogP contribution in [0, 0.1) is 6.92 Å². The van der Waals surface area contributed by atoms with Gasteiger partial charge in [0.25, 0.3) is 20.0 Å². The Bertz CT molecular complexity index is 3200. The van der Waals surface area contributed by atoms with Crippen LogP contribution in [0.5, 0.6) is 0 Å². The molecule has 6 aromatic rings. The number of nitrogens with zero attached hydrogens (tertiary/aromatic N) is 4. The fourth-order valence-electron chi connectivity index (χ4n) is 13.4. The molecule has 470 valence electrons. The van der Waals surface area contributed by atoms with Gasteiger partial charge in [0.1, 0.15) is 11.9 Å². The predicted octanol–water partition coefficient (Wildman–Crippen LogP) is 19.0. The van der Waals surface area contributed by atoms with Crippen LogP contribution in [0.15, 0.2) is 88.9 Å². The largest absolute Gasteiger partial charge is 1.00 e. The maximum Gasteiger partial charge on any atom is 1.00 e. The van der Waals surface area contributed by atoms with E-state index >= 15 is 8.42 Å². The van der Waals surface area contributed by atoms with E-state index in [1.165, 1.54) is 156 Å². The molecule has 2 heterocycles. The van der Waals surface area contributed by atoms with Crippen molar-refractivity contribution in [2.24, 2.45) is 0 Å². The van der Waals surface area contributed by atoms with E-state index in [9.17, 15) is 8.42 Å². The molecule has 0 amide bonds. The van der Waals surface area contributed by atoms with E-state index in [-0.39, 0.29) is 49.8 Å². The second-order valence-corrected chi connectivity index (χ2v) is 36.4. The van der Waals surface area contributed by atoms with E-state index in [0.717, 1.165) is 56.6 Å². The van der Waals surface area contributed by atoms with Gasteiger partial charge in [0.2, 0.25) is 0 Å². The second-order valence-electron chi connectivity index (χ2n) is 27.0. The van der Waals surface area contributed by atoms with Crippen LogP contribution in [-0.4, -0.2) is 57.4 Å². The molecular formula is C72H108ClLiN4O4P2S2. The number of fused-ring (bicyclic) bond motifs is 2. The number of imidazole rings is 2. The molecule has 4 saturated carbocycles. The minimum Gasteiger partial charge on any atom is -0.343 e. The Morgan fingerprint density at radius 2 is 0.837 bits per heavy atom. The Hall–Kier alpha value is -2.53. The quantitative estimate of drug-likeness (QED) is 0.0543. The van der Waals surface area contributed by atoms with Crippen molar-refractivity contribution in [2.75, 3.05) is 0 Å². The molecule has 0 atom stereocenters. The molecule has 0 bridgehead atoms. The summed E-state index contributed by atoms with van der Waals surface area (Å²) in [5.74, 6) is 1.06. The van der Waals surface area contributed by atoms with Crippen molar-refractivity contribution in [1.82, 2.24) is 17.9 Å². The predicted molar refractivity (Wildman–Crippen MR) is 369 cm³/mol. The van der Waals surface area contributed by atoms with Crippen LogP contribution in [0.2, 0.25) is 0 Å². The fourth-order valence-corrected chi connectivity index (χ4v) is 25.1. The smallest absolute Gasteiger partial charge is 0.343 e. The molecule has 86 heavy (non-hydrogen) atoms. The van der Waals surface area contributed by atoms with Gasteiger partial charge in [-0.2, -0.15) is 6.42 Å². The summed E-state index contributed by atoms with van der Waals surface area (Å²) < 4.78 is 61.1. The van der Waals surface area contributed by atoms with Gasteiger partial charge in [0.05, 0.1) is 31.9 Å². The van der Waals surface area contributed by atoms with Crippen LogP contribution in [-0.2, 0) is 20.0 Å². The molecule has 0 saturated heterocycles. The SMILES string of the molecule is CC(C)c1cc(C(C)C)c(S(=O)(=O)n2c(P(C3CCCCC3)C3CCCCC3)nc3ccccc32)c(C(C)C)c1.CC(C)c1cc(C(C)C)c(S(=O)(=O)n2cnc3ccccc32)c(C(C)C)c1.ClP(C1CCCCC1)C1CCCCC1.[CH2-]CCC.[Li+]. The minimum absolute atomic E-state index is 0. The standard InChI is InChI=1S/C34H49N2O2PS.C22H28N2O2S.C12H22ClP.C4H9.Li/c1-23(2)26-21-29(24(3)4)33(30(22-26)25(5)6)40(37,38)36-32-20-14-13-19-31(32)35-34(36)39(27-15-9-7-10-16-27)28-17-11-8-12-18-28;1-14(2)17-11-18(15(3)4)22(19(12-17)16(5)6)27(25,26)24-13-23-20-9-7-8-10-21(20)24;13-14(11-7-3-1-4-8-11)12-9-5-2-6-10-12;1-3-4-2;/h13-14,19-25,27-28H,7-12,15-18H2,1-6H3;7-16H,1-6H3;11-12H,1-10H2;1,3-4H2,2H3;/q;;;-1;+1. The Morgan fingerprint density at radius 1 is 0.500 bits per heavy atom. The molecule has 0 N–H and O–H groups in total. The van der Waals surface area contributed by atoms with E-state index in [4.69, 9.17) is 16.2 Å². The third kappa shape index (κ3) is 17.5. The van der Waals surface area contributed by atoms with E-state index < -0.39 is 28.0 Å². The Kier molecular flexibility index (Phi) is 28.4. The summed E-state index contributed by atoms with van der Waals surface area (Å²) in [5.41, 5.74) is 12.7. The molecule has 4 aromatic carbocycles. The number of halogens is 1. The van der Waals surface area contributed by atoms with Crippen molar-refractivity contribution in [3.8, 4) is 0 Å². The van der Waals surface area contributed by atoms with Crippen molar-refractivity contribution in [2.45, 2.75) is 299 Å². The van der Waals surface area contributed by atoms with Crippen molar-refractivity contribution in [3.05, 3.63) is 119 Å². The zero-order valence-electron chi connectivity index (χ0n) is 55.6. The van der Waals surface area contributed by atoms with Crippen LogP contribution in [0.4, 0.5) is 0 Å². The molecular weight excluding hydrogens is 1150 g/mol. The average molecular weight is 1260 g/mol. The summed E-state index contributed by atoms with van der Waals surface area (Å²) in [6.07, 6.45) is 30.6. The maximum atomic E-state index is 15.3. The molecule has 4 fully saturated rings. The maximum absolute atomic E-state index is 15.3. The molecule has 4 aliphatic rings. The first-order valence-electron chi connectivity index (χ1n) is 33.3. The van der Waals surface area contributed by atoms with E-state index in [2.05, 4.69) is 126 Å². The van der Waals surface area contributed by atoms with E-state index in [1.807, 2.05) is 42.5 Å². The van der Waals surface area contributed by atoms with Gasteiger partial charge in [-0.1, -0.05) is 233 Å². The summed E-state index contributed by atoms with van der Waals surface area (Å²) in [6, 6.07) is 23.7. The summed E-state index contributed by atoms with van der Waals surface area (Å²) in [7, 11) is -8.51. The molecule has 14 heteroatoms. The zero-order valence-corrected chi connectivity index (χ0v) is 59.7. The number of benzene rings is 4. The Balaban J connectivity index is 0.000000220. The second kappa shape index (κ2) is 33.7. The van der Waals surface area contributed by atoms with Gasteiger partial charge in [-0.15, -0.1) is 0 Å². The number of hydrogen-bond donors (Lipinski definition) is 0. The number of hydrogen-bond acceptors (Lipinski definition) is 6. The normalized spacial score (nSPS) is 17.2. The third-order valence-electron chi connectivity index (χ3n) is 18.5. The first kappa shape index (κ1) is 72.5. The van der Waals surface area contributed by atoms with E-state index in [1.54, 1.807) is 10.0 Å². The van der Waals surface area contributed by atoms with Crippen LogP contribution in [0.25, 0.3) is 22.1 Å². The van der Waals surface area contributed by atoms with Crippen LogP contribution in [0.1, 0.15) is 300 Å². The first-order chi connectivity index (χ1) is 40.5. The van der Waals surface area contributed by atoms with Crippen LogP contribution in [0.3, 0.4) is 0 Å². The monoisotopic (exact) mass is 1260 g/mol. The number of unbranched alkanes of at least 4 members (excludes halogenated alkanes) is 1. The Labute approximate surface area is 542 Å². The van der Waals surface area contributed by atoms with Gasteiger partial charge in [-0.3, -0.25) is 0 Å².